The minimum atomic E-state index is 0.330. The van der Waals surface area contributed by atoms with Crippen LogP contribution in [0, 0.1) is 0 Å². The Hall–Kier alpha value is -1.10. The van der Waals surface area contributed by atoms with Gasteiger partial charge in [0.1, 0.15) is 5.75 Å². The van der Waals surface area contributed by atoms with Gasteiger partial charge in [0.05, 0.1) is 19.3 Å². The van der Waals surface area contributed by atoms with E-state index in [2.05, 4.69) is 22.3 Å². The van der Waals surface area contributed by atoms with Crippen LogP contribution in [-0.4, -0.2) is 49.9 Å². The van der Waals surface area contributed by atoms with Crippen molar-refractivity contribution in [1.82, 2.24) is 10.2 Å². The van der Waals surface area contributed by atoms with Gasteiger partial charge in [-0.05, 0) is 68.7 Å². The van der Waals surface area contributed by atoms with Gasteiger partial charge in [-0.15, -0.1) is 0 Å². The molecule has 5 rings (SSSR count). The normalized spacial score (nSPS) is 31.8. The first-order chi connectivity index (χ1) is 12.4. The summed E-state index contributed by atoms with van der Waals surface area (Å²) in [6.07, 6.45) is 9.01. The smallest absolute Gasteiger partial charge is 0.124 e. The second kappa shape index (κ2) is 6.90. The average molecular weight is 342 g/mol. The molecule has 136 valence electrons. The lowest BCUT2D eigenvalue weighted by Gasteiger charge is -2.36. The summed E-state index contributed by atoms with van der Waals surface area (Å²) in [6.45, 7) is 5.07. The first-order valence-electron chi connectivity index (χ1n) is 10.2. The predicted molar refractivity (Wildman–Crippen MR) is 98.3 cm³/mol. The number of hydrogen-bond donors (Lipinski definition) is 1. The molecule has 3 heterocycles. The standard InChI is InChI=1S/C21H30N2O2/c1-4-15-10-19-20(7-3-9-24-21(19)11-16(15)5-1)22-12-18-13-23-8-2-6-17(23)14-25-18/h10-11,17-18,20,22H,1-9,12-14H2. The summed E-state index contributed by atoms with van der Waals surface area (Å²) in [7, 11) is 0. The number of rotatable bonds is 3. The summed E-state index contributed by atoms with van der Waals surface area (Å²) in [5.41, 5.74) is 4.44. The van der Waals surface area contributed by atoms with Crippen molar-refractivity contribution in [3.8, 4) is 5.75 Å². The number of nitrogens with one attached hydrogen (secondary N) is 1. The summed E-state index contributed by atoms with van der Waals surface area (Å²) in [5, 5.41) is 3.83. The van der Waals surface area contributed by atoms with E-state index in [1.165, 1.54) is 49.8 Å². The number of ether oxygens (including phenoxy) is 2. The van der Waals surface area contributed by atoms with Crippen molar-refractivity contribution >= 4 is 0 Å². The van der Waals surface area contributed by atoms with E-state index < -0.39 is 0 Å². The largest absolute Gasteiger partial charge is 0.493 e. The third-order valence-corrected chi connectivity index (χ3v) is 6.55. The van der Waals surface area contributed by atoms with E-state index in [1.807, 2.05) is 0 Å². The van der Waals surface area contributed by atoms with Crippen LogP contribution in [0.3, 0.4) is 0 Å². The highest BCUT2D eigenvalue weighted by Crippen LogP contribution is 2.37. The first-order valence-corrected chi connectivity index (χ1v) is 10.2. The molecular weight excluding hydrogens is 312 g/mol. The van der Waals surface area contributed by atoms with Gasteiger partial charge in [0.25, 0.3) is 0 Å². The Balaban J connectivity index is 1.28. The molecule has 0 radical (unpaired) electrons. The zero-order valence-corrected chi connectivity index (χ0v) is 15.1. The summed E-state index contributed by atoms with van der Waals surface area (Å²) in [4.78, 5) is 2.63. The highest BCUT2D eigenvalue weighted by atomic mass is 16.5. The van der Waals surface area contributed by atoms with Gasteiger partial charge in [0, 0.05) is 30.7 Å². The lowest BCUT2D eigenvalue weighted by Crippen LogP contribution is -2.49. The topological polar surface area (TPSA) is 33.7 Å². The fourth-order valence-electron chi connectivity index (χ4n) is 5.14. The molecule has 0 aromatic heterocycles. The maximum Gasteiger partial charge on any atom is 0.124 e. The molecule has 2 saturated heterocycles. The van der Waals surface area contributed by atoms with Gasteiger partial charge in [-0.2, -0.15) is 0 Å². The Morgan fingerprint density at radius 3 is 2.96 bits per heavy atom. The molecule has 0 spiro atoms. The van der Waals surface area contributed by atoms with Crippen LogP contribution in [0.25, 0.3) is 0 Å². The number of fused-ring (bicyclic) bond motifs is 3. The van der Waals surface area contributed by atoms with E-state index >= 15 is 0 Å². The molecule has 4 aliphatic rings. The molecule has 4 heteroatoms. The SMILES string of the molecule is c1c2c(cc3c1OCCCC3NCC1CN3CCCC3CO1)CCC2. The predicted octanol–water partition coefficient (Wildman–Crippen LogP) is 2.84. The van der Waals surface area contributed by atoms with E-state index in [-0.39, 0.29) is 0 Å². The maximum atomic E-state index is 6.14. The minimum Gasteiger partial charge on any atom is -0.493 e. The fraction of sp³-hybridized carbons (Fsp3) is 0.714. The van der Waals surface area contributed by atoms with E-state index in [1.54, 1.807) is 5.56 Å². The number of hydrogen-bond acceptors (Lipinski definition) is 4. The zero-order chi connectivity index (χ0) is 16.6. The Kier molecular flexibility index (Phi) is 4.44. The first kappa shape index (κ1) is 16.1. The van der Waals surface area contributed by atoms with Gasteiger partial charge >= 0.3 is 0 Å². The van der Waals surface area contributed by atoms with Crippen LogP contribution in [0.2, 0.25) is 0 Å². The lowest BCUT2D eigenvalue weighted by atomic mass is 9.97. The molecule has 1 N–H and O–H groups in total. The fourth-order valence-corrected chi connectivity index (χ4v) is 5.14. The van der Waals surface area contributed by atoms with Gasteiger partial charge in [0.15, 0.2) is 0 Å². The Labute approximate surface area is 150 Å². The maximum absolute atomic E-state index is 6.14. The minimum absolute atomic E-state index is 0.330. The second-order valence-corrected chi connectivity index (χ2v) is 8.21. The van der Waals surface area contributed by atoms with Crippen LogP contribution >= 0.6 is 0 Å². The highest BCUT2D eigenvalue weighted by molar-refractivity contribution is 5.46. The summed E-state index contributed by atoms with van der Waals surface area (Å²) >= 11 is 0. The van der Waals surface area contributed by atoms with Crippen molar-refractivity contribution < 1.29 is 9.47 Å². The van der Waals surface area contributed by atoms with Crippen LogP contribution < -0.4 is 10.1 Å². The molecule has 2 fully saturated rings. The third kappa shape index (κ3) is 3.20. The van der Waals surface area contributed by atoms with Gasteiger partial charge in [-0.1, -0.05) is 6.07 Å². The van der Waals surface area contributed by atoms with Crippen LogP contribution in [0.5, 0.6) is 5.75 Å². The average Bonchev–Trinajstić information content (AvgIpc) is 3.23. The van der Waals surface area contributed by atoms with E-state index in [0.717, 1.165) is 44.9 Å². The van der Waals surface area contributed by atoms with Crippen LogP contribution in [-0.2, 0) is 17.6 Å². The van der Waals surface area contributed by atoms with E-state index in [0.29, 0.717) is 18.2 Å². The molecule has 0 saturated carbocycles. The summed E-state index contributed by atoms with van der Waals surface area (Å²) < 4.78 is 12.2. The van der Waals surface area contributed by atoms with Crippen LogP contribution in [0.15, 0.2) is 12.1 Å². The molecule has 3 atom stereocenters. The third-order valence-electron chi connectivity index (χ3n) is 6.55. The van der Waals surface area contributed by atoms with E-state index in [9.17, 15) is 0 Å². The van der Waals surface area contributed by atoms with Crippen molar-refractivity contribution in [2.45, 2.75) is 63.1 Å². The van der Waals surface area contributed by atoms with Crippen molar-refractivity contribution in [2.24, 2.45) is 0 Å². The quantitative estimate of drug-likeness (QED) is 0.916. The number of morpholine rings is 1. The molecule has 1 aliphatic carbocycles. The van der Waals surface area contributed by atoms with Crippen LogP contribution in [0.1, 0.15) is 54.8 Å². The highest BCUT2D eigenvalue weighted by Gasteiger charge is 2.32. The summed E-state index contributed by atoms with van der Waals surface area (Å²) in [6, 6.07) is 5.84. The Morgan fingerprint density at radius 1 is 1.08 bits per heavy atom. The molecule has 4 nitrogen and oxygen atoms in total. The van der Waals surface area contributed by atoms with Crippen molar-refractivity contribution in [1.29, 1.82) is 0 Å². The number of aryl methyl sites for hydroxylation is 2. The molecule has 1 aromatic carbocycles. The van der Waals surface area contributed by atoms with Crippen molar-refractivity contribution in [3.63, 3.8) is 0 Å². The molecule has 0 amide bonds. The van der Waals surface area contributed by atoms with Crippen molar-refractivity contribution in [2.75, 3.05) is 32.8 Å². The lowest BCUT2D eigenvalue weighted by molar-refractivity contribution is -0.0479. The summed E-state index contributed by atoms with van der Waals surface area (Å²) in [5.74, 6) is 1.12. The van der Waals surface area contributed by atoms with Gasteiger partial charge in [-0.25, -0.2) is 0 Å². The Morgan fingerprint density at radius 2 is 2.00 bits per heavy atom. The molecule has 0 bridgehead atoms. The molecule has 1 aromatic rings. The molecule has 3 aliphatic heterocycles. The monoisotopic (exact) mass is 342 g/mol. The van der Waals surface area contributed by atoms with Gasteiger partial charge in [0.2, 0.25) is 0 Å². The van der Waals surface area contributed by atoms with Gasteiger partial charge in [-0.3, -0.25) is 4.90 Å². The van der Waals surface area contributed by atoms with Crippen LogP contribution in [0.4, 0.5) is 0 Å². The number of benzene rings is 1. The second-order valence-electron chi connectivity index (χ2n) is 8.21. The zero-order valence-electron chi connectivity index (χ0n) is 15.1. The molecule has 25 heavy (non-hydrogen) atoms. The molecular formula is C21H30N2O2. The van der Waals surface area contributed by atoms with Crippen molar-refractivity contribution in [3.05, 3.63) is 28.8 Å². The Bertz CT molecular complexity index is 633. The number of nitrogens with zero attached hydrogens (tertiary/aromatic N) is 1. The van der Waals surface area contributed by atoms with E-state index in [4.69, 9.17) is 9.47 Å². The molecule has 3 unspecified atom stereocenters. The van der Waals surface area contributed by atoms with Gasteiger partial charge < -0.3 is 14.8 Å².